The van der Waals surface area contributed by atoms with Crippen LogP contribution in [0.15, 0.2) is 64.2 Å². The number of carbonyl (C=O) groups excluding carboxylic acids is 2. The van der Waals surface area contributed by atoms with Gasteiger partial charge in [0.2, 0.25) is 0 Å². The van der Waals surface area contributed by atoms with Gasteiger partial charge >= 0.3 is 5.97 Å². The molecule has 0 spiro atoms. The van der Waals surface area contributed by atoms with Crippen molar-refractivity contribution in [3.63, 3.8) is 0 Å². The third-order valence-corrected chi connectivity index (χ3v) is 5.59. The van der Waals surface area contributed by atoms with Crippen molar-refractivity contribution in [3.05, 3.63) is 64.9 Å². The van der Waals surface area contributed by atoms with Crippen molar-refractivity contribution in [2.24, 2.45) is 0 Å². The number of ether oxygens (including phenoxy) is 3. The molecule has 1 aliphatic rings. The van der Waals surface area contributed by atoms with Crippen molar-refractivity contribution in [2.75, 3.05) is 32.5 Å². The Morgan fingerprint density at radius 2 is 1.67 bits per heavy atom. The average molecular weight is 426 g/mol. The fourth-order valence-corrected chi connectivity index (χ4v) is 3.73. The van der Waals surface area contributed by atoms with Crippen LogP contribution in [0.1, 0.15) is 12.5 Å². The SMILES string of the molecule is COC(=O)C1=C(C)N(c2ccc(OC)c(OC)c2)C(=O)C1=Cc1ccc(SC)cc1. The van der Waals surface area contributed by atoms with Crippen LogP contribution < -0.4 is 14.4 Å². The van der Waals surface area contributed by atoms with Gasteiger partial charge in [-0.3, -0.25) is 9.69 Å². The number of rotatable bonds is 6. The Bertz CT molecular complexity index is 1040. The molecule has 0 radical (unpaired) electrons. The van der Waals surface area contributed by atoms with Crippen LogP contribution in [0.3, 0.4) is 0 Å². The first-order valence-electron chi connectivity index (χ1n) is 9.17. The van der Waals surface area contributed by atoms with Crippen LogP contribution in [0.2, 0.25) is 0 Å². The van der Waals surface area contributed by atoms with Crippen LogP contribution in [0, 0.1) is 0 Å². The Morgan fingerprint density at radius 3 is 2.23 bits per heavy atom. The van der Waals surface area contributed by atoms with Gasteiger partial charge in [-0.15, -0.1) is 11.8 Å². The quantitative estimate of drug-likeness (QED) is 0.391. The van der Waals surface area contributed by atoms with Crippen molar-refractivity contribution in [2.45, 2.75) is 11.8 Å². The number of thioether (sulfide) groups is 1. The summed E-state index contributed by atoms with van der Waals surface area (Å²) < 4.78 is 15.6. The molecule has 1 aliphatic heterocycles. The van der Waals surface area contributed by atoms with Gasteiger partial charge in [0.05, 0.1) is 38.2 Å². The standard InChI is InChI=1S/C23H23NO5S/c1-14-21(23(26)29-4)18(12-15-6-9-17(30-5)10-7-15)22(25)24(14)16-8-11-19(27-2)20(13-16)28-3/h6-13H,1-5H3. The summed E-state index contributed by atoms with van der Waals surface area (Å²) in [5, 5.41) is 0. The van der Waals surface area contributed by atoms with Gasteiger partial charge in [-0.05, 0) is 49.1 Å². The lowest BCUT2D eigenvalue weighted by Gasteiger charge is -2.19. The minimum Gasteiger partial charge on any atom is -0.493 e. The predicted octanol–water partition coefficient (Wildman–Crippen LogP) is 4.30. The predicted molar refractivity (Wildman–Crippen MR) is 118 cm³/mol. The molecule has 2 aromatic carbocycles. The Labute approximate surface area is 180 Å². The first-order valence-corrected chi connectivity index (χ1v) is 10.4. The van der Waals surface area contributed by atoms with Gasteiger partial charge in [-0.25, -0.2) is 4.79 Å². The highest BCUT2D eigenvalue weighted by atomic mass is 32.2. The van der Waals surface area contributed by atoms with Crippen molar-refractivity contribution in [1.82, 2.24) is 0 Å². The maximum absolute atomic E-state index is 13.4. The van der Waals surface area contributed by atoms with E-state index in [9.17, 15) is 9.59 Å². The van der Waals surface area contributed by atoms with E-state index in [2.05, 4.69) is 0 Å². The molecule has 6 nitrogen and oxygen atoms in total. The molecule has 0 saturated carbocycles. The van der Waals surface area contributed by atoms with Crippen LogP contribution in [-0.2, 0) is 14.3 Å². The van der Waals surface area contributed by atoms with Gasteiger partial charge in [0, 0.05) is 16.7 Å². The molecule has 2 aromatic rings. The number of methoxy groups -OCH3 is 3. The topological polar surface area (TPSA) is 65.1 Å². The zero-order chi connectivity index (χ0) is 21.8. The first kappa shape index (κ1) is 21.5. The summed E-state index contributed by atoms with van der Waals surface area (Å²) in [6, 6.07) is 12.9. The van der Waals surface area contributed by atoms with E-state index in [-0.39, 0.29) is 17.1 Å². The molecule has 1 amide bonds. The Hall–Kier alpha value is -3.19. The second kappa shape index (κ2) is 9.09. The Kier molecular flexibility index (Phi) is 6.52. The van der Waals surface area contributed by atoms with E-state index in [0.717, 1.165) is 10.5 Å². The van der Waals surface area contributed by atoms with Crippen molar-refractivity contribution in [1.29, 1.82) is 0 Å². The zero-order valence-corrected chi connectivity index (χ0v) is 18.3. The van der Waals surface area contributed by atoms with E-state index in [1.54, 1.807) is 50.1 Å². The molecule has 0 atom stereocenters. The van der Waals surface area contributed by atoms with E-state index >= 15 is 0 Å². The first-order chi connectivity index (χ1) is 14.4. The highest BCUT2D eigenvalue weighted by Crippen LogP contribution is 2.39. The molecule has 156 valence electrons. The largest absolute Gasteiger partial charge is 0.493 e. The van der Waals surface area contributed by atoms with Crippen molar-refractivity contribution < 1.29 is 23.8 Å². The van der Waals surface area contributed by atoms with Gasteiger partial charge in [0.25, 0.3) is 5.91 Å². The summed E-state index contributed by atoms with van der Waals surface area (Å²) in [5.74, 6) is 0.164. The minimum absolute atomic E-state index is 0.242. The van der Waals surface area contributed by atoms with E-state index < -0.39 is 5.97 Å². The van der Waals surface area contributed by atoms with Gasteiger partial charge in [0.1, 0.15) is 0 Å². The lowest BCUT2D eigenvalue weighted by atomic mass is 10.0. The fourth-order valence-electron chi connectivity index (χ4n) is 3.32. The highest BCUT2D eigenvalue weighted by Gasteiger charge is 2.38. The highest BCUT2D eigenvalue weighted by molar-refractivity contribution is 7.98. The smallest absolute Gasteiger partial charge is 0.340 e. The number of carbonyl (C=O) groups is 2. The van der Waals surface area contributed by atoms with Gasteiger partial charge in [-0.1, -0.05) is 12.1 Å². The minimum atomic E-state index is -0.559. The molecular formula is C23H23NO5S. The van der Waals surface area contributed by atoms with Crippen molar-refractivity contribution in [3.8, 4) is 11.5 Å². The molecule has 1 heterocycles. The second-order valence-electron chi connectivity index (χ2n) is 6.46. The lowest BCUT2D eigenvalue weighted by molar-refractivity contribution is -0.136. The molecule has 3 rings (SSSR count). The number of esters is 1. The molecule has 0 bridgehead atoms. The summed E-state index contributed by atoms with van der Waals surface area (Å²) >= 11 is 1.63. The van der Waals surface area contributed by atoms with E-state index in [0.29, 0.717) is 22.9 Å². The average Bonchev–Trinajstić information content (AvgIpc) is 3.02. The molecule has 0 fully saturated rings. The van der Waals surface area contributed by atoms with Gasteiger partial charge < -0.3 is 14.2 Å². The van der Waals surface area contributed by atoms with Crippen LogP contribution in [0.5, 0.6) is 11.5 Å². The summed E-state index contributed by atoms with van der Waals surface area (Å²) in [6.07, 6.45) is 3.71. The molecule has 0 aromatic heterocycles. The number of hydrogen-bond acceptors (Lipinski definition) is 6. The number of benzene rings is 2. The van der Waals surface area contributed by atoms with E-state index in [1.807, 2.05) is 30.5 Å². The maximum Gasteiger partial charge on any atom is 0.340 e. The zero-order valence-electron chi connectivity index (χ0n) is 17.5. The molecular weight excluding hydrogens is 402 g/mol. The van der Waals surface area contributed by atoms with Crippen LogP contribution in [0.4, 0.5) is 5.69 Å². The molecule has 0 N–H and O–H groups in total. The molecule has 0 aliphatic carbocycles. The summed E-state index contributed by atoms with van der Waals surface area (Å²) in [6.45, 7) is 1.72. The number of allylic oxidation sites excluding steroid dienone is 1. The summed E-state index contributed by atoms with van der Waals surface area (Å²) in [7, 11) is 4.37. The summed E-state index contributed by atoms with van der Waals surface area (Å²) in [5.41, 5.74) is 2.40. The van der Waals surface area contributed by atoms with Gasteiger partial charge in [0.15, 0.2) is 11.5 Å². The normalized spacial score (nSPS) is 15.0. The number of amides is 1. The number of nitrogens with zero attached hydrogens (tertiary/aromatic N) is 1. The summed E-state index contributed by atoms with van der Waals surface area (Å²) in [4.78, 5) is 28.5. The van der Waals surface area contributed by atoms with E-state index in [1.165, 1.54) is 19.1 Å². The van der Waals surface area contributed by atoms with Crippen LogP contribution >= 0.6 is 11.8 Å². The third kappa shape index (κ3) is 3.93. The van der Waals surface area contributed by atoms with Crippen molar-refractivity contribution >= 4 is 35.4 Å². The molecule has 30 heavy (non-hydrogen) atoms. The van der Waals surface area contributed by atoms with Gasteiger partial charge in [-0.2, -0.15) is 0 Å². The molecule has 0 unspecified atom stereocenters. The lowest BCUT2D eigenvalue weighted by Crippen LogP contribution is -2.24. The Morgan fingerprint density at radius 1 is 1.00 bits per heavy atom. The Balaban J connectivity index is 2.10. The van der Waals surface area contributed by atoms with Crippen LogP contribution in [0.25, 0.3) is 6.08 Å². The second-order valence-corrected chi connectivity index (χ2v) is 7.34. The number of hydrogen-bond donors (Lipinski definition) is 0. The van der Waals surface area contributed by atoms with Crippen LogP contribution in [-0.4, -0.2) is 39.5 Å². The van der Waals surface area contributed by atoms with E-state index in [4.69, 9.17) is 14.2 Å². The molecule has 7 heteroatoms. The maximum atomic E-state index is 13.4. The monoisotopic (exact) mass is 425 g/mol. The molecule has 0 saturated heterocycles. The number of anilines is 1. The fraction of sp³-hybridized carbons (Fsp3) is 0.217. The third-order valence-electron chi connectivity index (χ3n) is 4.84.